The molecule has 0 amide bonds. The Bertz CT molecular complexity index is 3300. The summed E-state index contributed by atoms with van der Waals surface area (Å²) in [7, 11) is -14.2. The standard InChI is InChI=1S/C19H32O3P2.2C19H32OP2.C11H15O2P.C7H8.2CH3.BF3.Cl3HSi.FH.Rh/c1-17(2,3)23(20)15-13-11-10-12-14(15)22-16(23)24(21,18(4,5)6)19(7,8)9;2*1-17(2,3)21-15-13-11-10-12-14(15)20-16(21)22(18(4,5)6)19(7,8)9;1-11(2,3)14(12)8-13-9-6-4-5-7-10(9)14;1-2-7-4-3-6(1)5-7;;;2-1(3)4;1-4(2)3;;/h10-13,16H,1-9H3;2*10-13,16H,1-9H3;4-7H,8H2,1-3H3;1-4,6-7H,5H2;2*1H3;;4H;1H;/q;;;;;2*-1;;;;+3/p+1/t16-,23+;16-,21?;16-,21-;14-;;;;;;;/m1111......./s1. The average Bonchev–Trinajstić information content (AvgIpc) is 1.59. The fraction of sp³-hybridized carbons (Fsp3) is 0.610. The van der Waals surface area contributed by atoms with Gasteiger partial charge in [0.15, 0.2) is 20.0 Å². The van der Waals surface area contributed by atoms with Gasteiger partial charge in [-0.3, -0.25) is 12.9 Å². The third-order valence-electron chi connectivity index (χ3n) is 17.9. The topological polar surface area (TPSA) is 88.1 Å². The van der Waals surface area contributed by atoms with Crippen molar-refractivity contribution in [1.29, 1.82) is 0 Å². The summed E-state index contributed by atoms with van der Waals surface area (Å²) in [6, 6.07) is 32.7. The van der Waals surface area contributed by atoms with Crippen molar-refractivity contribution in [3.8, 4) is 23.0 Å². The minimum absolute atomic E-state index is 0. The largest absolute Gasteiger partial charge is 3.00 e. The van der Waals surface area contributed by atoms with Crippen LogP contribution in [0.3, 0.4) is 0 Å². The van der Waals surface area contributed by atoms with E-state index in [9.17, 15) is 26.6 Å². The fourth-order valence-electron chi connectivity index (χ4n) is 14.4. The molecule has 24 heteroatoms. The Hall–Kier alpha value is -0.535. The van der Waals surface area contributed by atoms with Crippen LogP contribution in [0.1, 0.15) is 214 Å². The van der Waals surface area contributed by atoms with E-state index in [1.54, 1.807) is 0 Å². The molecule has 7 nitrogen and oxygen atoms in total. The van der Waals surface area contributed by atoms with Crippen LogP contribution in [0, 0.1) is 26.7 Å². The van der Waals surface area contributed by atoms with Gasteiger partial charge in [0.05, 0.1) is 34.0 Å². The molecule has 4 aromatic rings. The summed E-state index contributed by atoms with van der Waals surface area (Å²) < 4.78 is 95.6. The Balaban J connectivity index is 0.00000123. The molecule has 4 aliphatic heterocycles. The fourth-order valence-corrected chi connectivity index (χ4v) is 51.2. The number of halogens is 7. The molecule has 0 spiro atoms. The zero-order valence-electron chi connectivity index (χ0n) is 67.1. The predicted octanol–water partition coefficient (Wildman–Crippen LogP) is 23.0. The van der Waals surface area contributed by atoms with E-state index in [1.165, 1.54) is 17.0 Å². The zero-order chi connectivity index (χ0) is 74.9. The molecule has 2 aliphatic carbocycles. The first kappa shape index (κ1) is 100. The predicted molar refractivity (Wildman–Crippen MR) is 450 cm³/mol. The van der Waals surface area contributed by atoms with E-state index >= 15 is 0 Å². The molecule has 0 saturated carbocycles. The smallest absolute Gasteiger partial charge is 1.00 e. The monoisotopic (exact) mass is 1700 g/mol. The number of ether oxygens (including phenoxy) is 4. The molecule has 0 fully saturated rings. The number of hydrogen-bond acceptors (Lipinski definition) is 7. The van der Waals surface area contributed by atoms with Crippen LogP contribution in [0.15, 0.2) is 121 Å². The number of rotatable bonds is 3. The summed E-state index contributed by atoms with van der Waals surface area (Å²) in [5, 5.41) is 4.72. The maximum Gasteiger partial charge on any atom is 3.00 e. The summed E-state index contributed by atoms with van der Waals surface area (Å²) >= 11 is 14.8. The van der Waals surface area contributed by atoms with Gasteiger partial charge >= 0.3 is 39.3 Å². The third-order valence-corrected chi connectivity index (χ3v) is 48.7. The van der Waals surface area contributed by atoms with E-state index in [-0.39, 0.29) is 75.5 Å². The Kier molecular flexibility index (Phi) is 37.3. The summed E-state index contributed by atoms with van der Waals surface area (Å²) in [4.78, 5) is 0. The Morgan fingerprint density at radius 2 is 0.931 bits per heavy atom. The van der Waals surface area contributed by atoms with E-state index in [4.69, 9.17) is 52.2 Å². The van der Waals surface area contributed by atoms with Gasteiger partial charge in [0.25, 0.3) is 0 Å². The number of allylic oxidation sites excluding steroid dienone is 4. The molecule has 7 atom stereocenters. The normalized spacial score (nSPS) is 23.1. The van der Waals surface area contributed by atoms with Crippen LogP contribution in [0.25, 0.3) is 0 Å². The van der Waals surface area contributed by atoms with Gasteiger partial charge < -0.3 is 52.2 Å². The first-order valence-electron chi connectivity index (χ1n) is 34.0. The molecule has 6 aliphatic rings. The van der Waals surface area contributed by atoms with E-state index < -0.39 is 72.6 Å². The maximum atomic E-state index is 14.5. The minimum Gasteiger partial charge on any atom is -1.00 e. The SMILES string of the molecule is C1=CC2C=CC1C2.CC(C)(C)P(=O)([C@@H]1Oc2ccccc2[P@@]1(=O)C(C)(C)C)C(C)(C)C.CC(C)(C)P([C@@H]1Oc2ccccc2[P@@]1C(C)(C)C)C(C)(C)C.CC(C)(C)[P@@]1(=O)COc2ccccc21.CC(C)(C)[PH+]1c2ccccc2O[C@H]1[PH+](C(C)(C)C)C(C)(C)C.Cl[SiH](Cl)Cl.FB(F)F.[CH3-].[CH3-].[F-].[Rh+3]. The number of fused-ring (bicyclic) bond motifs is 6. The van der Waals surface area contributed by atoms with Gasteiger partial charge in [0.2, 0.25) is 5.59 Å². The second kappa shape index (κ2) is 37.5. The summed E-state index contributed by atoms with van der Waals surface area (Å²) in [6.45, 7) is 65.4. The second-order valence-electron chi connectivity index (χ2n) is 36.0. The number of para-hydroxylation sites is 4. The first-order valence-corrected chi connectivity index (χ1v) is 50.6. The molecule has 0 aromatic heterocycles. The van der Waals surface area contributed by atoms with Crippen molar-refractivity contribution in [3.63, 3.8) is 0 Å². The van der Waals surface area contributed by atoms with Gasteiger partial charge in [-0.05, 0) is 154 Å². The van der Waals surface area contributed by atoms with E-state index in [0.717, 1.165) is 39.7 Å². The van der Waals surface area contributed by atoms with Gasteiger partial charge in [-0.25, -0.2) is 0 Å². The molecule has 4 heterocycles. The summed E-state index contributed by atoms with van der Waals surface area (Å²) in [6.07, 6.45) is 10.9. The molecule has 1 unspecified atom stereocenters. The van der Waals surface area contributed by atoms with Crippen LogP contribution in [0.4, 0.5) is 12.9 Å². The van der Waals surface area contributed by atoms with Crippen molar-refractivity contribution < 1.29 is 69.8 Å². The molecule has 0 N–H and O–H groups in total. The average molecular weight is 1710 g/mol. The van der Waals surface area contributed by atoms with Crippen LogP contribution in [-0.2, 0) is 33.2 Å². The van der Waals surface area contributed by atoms with Crippen molar-refractivity contribution in [2.75, 3.05) is 6.35 Å². The number of benzene rings is 4. The van der Waals surface area contributed by atoms with Crippen molar-refractivity contribution in [1.82, 2.24) is 0 Å². The molecular formula is C77H128BCl3F4O7P7RhSi+2. The molecule has 0 radical (unpaired) electrons. The van der Waals surface area contributed by atoms with Gasteiger partial charge in [0, 0.05) is 25.9 Å². The summed E-state index contributed by atoms with van der Waals surface area (Å²) in [5.41, 5.74) is 0.0391. The van der Waals surface area contributed by atoms with Crippen LogP contribution < -0.4 is 44.9 Å². The van der Waals surface area contributed by atoms with E-state index in [2.05, 4.69) is 197 Å². The van der Waals surface area contributed by atoms with Gasteiger partial charge in [0.1, 0.15) is 49.6 Å². The second-order valence-corrected chi connectivity index (χ2v) is 70.1. The third kappa shape index (κ3) is 24.7. The van der Waals surface area contributed by atoms with Crippen molar-refractivity contribution in [3.05, 3.63) is 136 Å². The Morgan fingerprint density at radius 1 is 0.554 bits per heavy atom. The van der Waals surface area contributed by atoms with Gasteiger partial charge in [-0.1, -0.05) is 224 Å². The molecule has 4 aromatic carbocycles. The van der Waals surface area contributed by atoms with Crippen molar-refractivity contribution in [2.24, 2.45) is 11.8 Å². The van der Waals surface area contributed by atoms with Crippen LogP contribution in [-0.4, -0.2) is 88.9 Å². The first-order chi connectivity index (χ1) is 43.6. The van der Waals surface area contributed by atoms with Crippen molar-refractivity contribution in [2.45, 2.75) is 282 Å². The van der Waals surface area contributed by atoms with Gasteiger partial charge in [-0.15, -0.1) is 33.2 Å². The van der Waals surface area contributed by atoms with E-state index in [1.807, 2.05) is 132 Å². The minimum atomic E-state index is -3.67. The Morgan fingerprint density at radius 3 is 1.29 bits per heavy atom. The quantitative estimate of drug-likeness (QED) is 0.0504. The van der Waals surface area contributed by atoms with Crippen LogP contribution >= 0.6 is 86.3 Å². The van der Waals surface area contributed by atoms with E-state index in [0.29, 0.717) is 38.7 Å². The van der Waals surface area contributed by atoms with Crippen LogP contribution in [0.2, 0.25) is 0 Å². The van der Waals surface area contributed by atoms with Crippen LogP contribution in [0.5, 0.6) is 23.0 Å². The molecule has 101 heavy (non-hydrogen) atoms. The molecule has 2 bridgehead atoms. The molecule has 576 valence electrons. The molecular weight excluding hydrogens is 1580 g/mol. The zero-order valence-corrected chi connectivity index (χ0v) is 78.6. The Labute approximate surface area is 646 Å². The molecule has 10 rings (SSSR count). The van der Waals surface area contributed by atoms with Gasteiger partial charge in [-0.2, -0.15) is 0 Å². The maximum absolute atomic E-state index is 14.5. The summed E-state index contributed by atoms with van der Waals surface area (Å²) in [5.74, 6) is 5.34. The van der Waals surface area contributed by atoms with Crippen molar-refractivity contribution >= 4 is 122 Å². The number of hydrogen-bond donors (Lipinski definition) is 0. The molecule has 0 saturated heterocycles.